The van der Waals surface area contributed by atoms with Crippen LogP contribution in [0.4, 0.5) is 0 Å². The Balaban J connectivity index is 3.00. The summed E-state index contributed by atoms with van der Waals surface area (Å²) in [4.78, 5) is 12.0. The molecule has 14 heavy (non-hydrogen) atoms. The number of nitrogens with zero attached hydrogens (tertiary/aromatic N) is 3. The van der Waals surface area contributed by atoms with E-state index in [9.17, 15) is 0 Å². The van der Waals surface area contributed by atoms with Gasteiger partial charge in [0.15, 0.2) is 5.84 Å². The minimum Gasteiger partial charge on any atom is -0.390 e. The molecule has 0 spiro atoms. The average Bonchev–Trinajstić information content (AvgIpc) is 2.19. The Hall–Kier alpha value is -1.42. The van der Waals surface area contributed by atoms with Gasteiger partial charge >= 0.3 is 0 Å². The van der Waals surface area contributed by atoms with Gasteiger partial charge in [-0.1, -0.05) is 11.6 Å². The Morgan fingerprint density at radius 3 is 2.93 bits per heavy atom. The molecule has 2 N–H and O–H groups in total. The lowest BCUT2D eigenvalue weighted by Gasteiger charge is -1.99. The molecule has 1 aromatic rings. The van der Waals surface area contributed by atoms with Crippen molar-refractivity contribution in [2.24, 2.45) is 15.7 Å². The molecule has 0 fully saturated rings. The lowest BCUT2D eigenvalue weighted by Crippen LogP contribution is -2.02. The molecule has 0 unspecified atom stereocenters. The fourth-order valence-electron chi connectivity index (χ4n) is 0.935. The molecular formula is C9H11ClN4. The summed E-state index contributed by atoms with van der Waals surface area (Å²) in [7, 11) is 0. The molecule has 0 aromatic carbocycles. The number of halogens is 1. The Labute approximate surface area is 87.5 Å². The van der Waals surface area contributed by atoms with Crippen molar-refractivity contribution in [2.75, 3.05) is 6.54 Å². The normalized spacial score (nSPS) is 12.3. The summed E-state index contributed by atoms with van der Waals surface area (Å²) < 4.78 is 0. The summed E-state index contributed by atoms with van der Waals surface area (Å²) in [6.45, 7) is 2.57. The van der Waals surface area contributed by atoms with Gasteiger partial charge in [-0.3, -0.25) is 4.99 Å². The van der Waals surface area contributed by atoms with E-state index in [4.69, 9.17) is 17.3 Å². The molecule has 0 amide bonds. The van der Waals surface area contributed by atoms with Crippen molar-refractivity contribution < 1.29 is 0 Å². The van der Waals surface area contributed by atoms with Gasteiger partial charge in [-0.2, -0.15) is 0 Å². The van der Waals surface area contributed by atoms with E-state index in [1.54, 1.807) is 18.3 Å². The van der Waals surface area contributed by atoms with E-state index < -0.39 is 0 Å². The number of hydrogen-bond acceptors (Lipinski definition) is 2. The van der Waals surface area contributed by atoms with Crippen LogP contribution in [-0.4, -0.2) is 23.7 Å². The second-order valence-corrected chi connectivity index (χ2v) is 2.83. The third kappa shape index (κ3) is 2.81. The fourth-order valence-corrected chi connectivity index (χ4v) is 1.05. The van der Waals surface area contributed by atoms with Gasteiger partial charge in [0.1, 0.15) is 5.15 Å². The first-order valence-electron chi connectivity index (χ1n) is 4.18. The van der Waals surface area contributed by atoms with Gasteiger partial charge in [0.25, 0.3) is 0 Å². The molecule has 0 radical (unpaired) electrons. The van der Waals surface area contributed by atoms with Crippen molar-refractivity contribution in [1.29, 1.82) is 0 Å². The Morgan fingerprint density at radius 1 is 1.64 bits per heavy atom. The number of pyridine rings is 1. The lowest BCUT2D eigenvalue weighted by molar-refractivity contribution is 1.12. The van der Waals surface area contributed by atoms with Gasteiger partial charge in [-0.25, -0.2) is 9.98 Å². The smallest absolute Gasteiger partial charge is 0.157 e. The quantitative estimate of drug-likeness (QED) is 0.457. The van der Waals surface area contributed by atoms with Crippen LogP contribution in [0.25, 0.3) is 0 Å². The number of aliphatic imine (C=N–C) groups is 2. The van der Waals surface area contributed by atoms with Crippen molar-refractivity contribution in [2.45, 2.75) is 6.92 Å². The second kappa shape index (κ2) is 5.34. The van der Waals surface area contributed by atoms with Crippen molar-refractivity contribution in [3.63, 3.8) is 0 Å². The van der Waals surface area contributed by atoms with Gasteiger partial charge in [0, 0.05) is 18.3 Å². The molecule has 0 bridgehead atoms. The third-order valence-electron chi connectivity index (χ3n) is 1.49. The first kappa shape index (κ1) is 10.7. The molecule has 1 heterocycles. The maximum atomic E-state index is 5.66. The maximum absolute atomic E-state index is 5.66. The molecule has 74 valence electrons. The zero-order valence-electron chi connectivity index (χ0n) is 7.81. The second-order valence-electron chi connectivity index (χ2n) is 2.45. The minimum atomic E-state index is 0.446. The fraction of sp³-hybridized carbons (Fsp3) is 0.222. The monoisotopic (exact) mass is 210 g/mol. The van der Waals surface area contributed by atoms with Gasteiger partial charge in [0.2, 0.25) is 0 Å². The predicted octanol–water partition coefficient (Wildman–Crippen LogP) is 1.49. The summed E-state index contributed by atoms with van der Waals surface area (Å²) in [6.07, 6.45) is 2.83. The summed E-state index contributed by atoms with van der Waals surface area (Å²) >= 11 is 5.66. The highest BCUT2D eigenvalue weighted by atomic mass is 35.5. The summed E-state index contributed by atoms with van der Waals surface area (Å²) in [6, 6.07) is 3.49. The van der Waals surface area contributed by atoms with E-state index in [-0.39, 0.29) is 0 Å². The van der Waals surface area contributed by atoms with Crippen LogP contribution >= 0.6 is 11.6 Å². The number of aromatic nitrogens is 1. The van der Waals surface area contributed by atoms with Gasteiger partial charge in [0.05, 0.1) is 6.34 Å². The van der Waals surface area contributed by atoms with Crippen LogP contribution in [-0.2, 0) is 0 Å². The largest absolute Gasteiger partial charge is 0.390 e. The lowest BCUT2D eigenvalue weighted by atomic mass is 10.2. The number of nitrogens with two attached hydrogens (primary N) is 1. The molecular weight excluding hydrogens is 200 g/mol. The SMILES string of the molecule is CCN=C(N=CN)c1ccc(Cl)nc1. The molecule has 0 saturated carbocycles. The summed E-state index contributed by atoms with van der Waals surface area (Å²) in [5.41, 5.74) is 6.01. The number of rotatable bonds is 2. The Bertz CT molecular complexity index is 342. The van der Waals surface area contributed by atoms with E-state index in [0.29, 0.717) is 17.5 Å². The van der Waals surface area contributed by atoms with Crippen LogP contribution in [0.15, 0.2) is 28.3 Å². The highest BCUT2D eigenvalue weighted by Crippen LogP contribution is 2.06. The number of hydrogen-bond donors (Lipinski definition) is 1. The molecule has 1 aromatic heterocycles. The van der Waals surface area contributed by atoms with Gasteiger partial charge in [-0.05, 0) is 19.1 Å². The van der Waals surface area contributed by atoms with Crippen LogP contribution in [0.1, 0.15) is 12.5 Å². The van der Waals surface area contributed by atoms with Crippen molar-refractivity contribution in [3.8, 4) is 0 Å². The molecule has 0 aliphatic heterocycles. The van der Waals surface area contributed by atoms with Crippen LogP contribution in [0.3, 0.4) is 0 Å². The van der Waals surface area contributed by atoms with Crippen molar-refractivity contribution in [1.82, 2.24) is 4.98 Å². The van der Waals surface area contributed by atoms with Crippen LogP contribution < -0.4 is 5.73 Å². The first-order chi connectivity index (χ1) is 6.77. The van der Waals surface area contributed by atoms with Crippen LogP contribution in [0, 0.1) is 0 Å². The molecule has 0 saturated heterocycles. The summed E-state index contributed by atoms with van der Waals surface area (Å²) in [5.74, 6) is 0.569. The minimum absolute atomic E-state index is 0.446. The molecule has 0 atom stereocenters. The van der Waals surface area contributed by atoms with Gasteiger partial charge in [-0.15, -0.1) is 0 Å². The predicted molar refractivity (Wildman–Crippen MR) is 59.0 cm³/mol. The third-order valence-corrected chi connectivity index (χ3v) is 1.71. The average molecular weight is 211 g/mol. The van der Waals surface area contributed by atoms with E-state index in [2.05, 4.69) is 15.0 Å². The van der Waals surface area contributed by atoms with Gasteiger partial charge < -0.3 is 5.73 Å². The van der Waals surface area contributed by atoms with E-state index in [0.717, 1.165) is 5.56 Å². The highest BCUT2D eigenvalue weighted by Gasteiger charge is 2.00. The Morgan fingerprint density at radius 2 is 2.43 bits per heavy atom. The Kier molecular flexibility index (Phi) is 4.07. The topological polar surface area (TPSA) is 63.6 Å². The highest BCUT2D eigenvalue weighted by molar-refractivity contribution is 6.29. The summed E-state index contributed by atoms with van der Waals surface area (Å²) in [5, 5.41) is 0.446. The van der Waals surface area contributed by atoms with Crippen LogP contribution in [0.2, 0.25) is 5.15 Å². The zero-order valence-corrected chi connectivity index (χ0v) is 8.57. The standard InChI is InChI=1S/C9H11ClN4/c1-2-12-9(14-6-11)7-3-4-8(10)13-5-7/h3-6H,2H2,1H3,(H2,11,12,14). The van der Waals surface area contributed by atoms with E-state index in [1.807, 2.05) is 6.92 Å². The zero-order chi connectivity index (χ0) is 10.4. The first-order valence-corrected chi connectivity index (χ1v) is 4.56. The van der Waals surface area contributed by atoms with E-state index in [1.165, 1.54) is 6.34 Å². The van der Waals surface area contributed by atoms with E-state index >= 15 is 0 Å². The molecule has 4 nitrogen and oxygen atoms in total. The van der Waals surface area contributed by atoms with Crippen molar-refractivity contribution >= 4 is 23.8 Å². The maximum Gasteiger partial charge on any atom is 0.157 e. The molecule has 1 rings (SSSR count). The molecule has 0 aliphatic rings. The number of amidine groups is 1. The van der Waals surface area contributed by atoms with Crippen molar-refractivity contribution in [3.05, 3.63) is 29.0 Å². The van der Waals surface area contributed by atoms with Crippen LogP contribution in [0.5, 0.6) is 0 Å². The molecule has 5 heteroatoms. The molecule has 0 aliphatic carbocycles.